The monoisotopic (exact) mass is 384 g/mol. The molecule has 0 bridgehead atoms. The topological polar surface area (TPSA) is 145 Å². The maximum absolute atomic E-state index is 12.4. The predicted octanol–water partition coefficient (Wildman–Crippen LogP) is -0.356. The van der Waals surface area contributed by atoms with E-state index in [1.807, 2.05) is 0 Å². The van der Waals surface area contributed by atoms with Gasteiger partial charge in [0.1, 0.15) is 11.6 Å². The zero-order valence-corrected chi connectivity index (χ0v) is 15.0. The minimum atomic E-state index is -0.672. The van der Waals surface area contributed by atoms with Crippen molar-refractivity contribution in [1.82, 2.24) is 26.1 Å². The fourth-order valence-electron chi connectivity index (χ4n) is 2.79. The van der Waals surface area contributed by atoms with Crippen LogP contribution in [0.4, 0.5) is 5.69 Å². The first kappa shape index (κ1) is 19.1. The number of amides is 4. The van der Waals surface area contributed by atoms with Gasteiger partial charge in [-0.25, -0.2) is 0 Å². The van der Waals surface area contributed by atoms with Crippen LogP contribution in [0.2, 0.25) is 0 Å². The van der Waals surface area contributed by atoms with Gasteiger partial charge in [0, 0.05) is 25.8 Å². The van der Waals surface area contributed by atoms with Gasteiger partial charge >= 0.3 is 0 Å². The Hall–Kier alpha value is -3.69. The van der Waals surface area contributed by atoms with E-state index in [1.165, 1.54) is 12.3 Å². The molecule has 2 aromatic rings. The Morgan fingerprint density at radius 1 is 1.07 bits per heavy atom. The summed E-state index contributed by atoms with van der Waals surface area (Å²) in [6.07, 6.45) is 1.93. The van der Waals surface area contributed by atoms with Crippen molar-refractivity contribution >= 4 is 29.3 Å². The molecule has 4 amide bonds. The van der Waals surface area contributed by atoms with E-state index in [4.69, 9.17) is 0 Å². The van der Waals surface area contributed by atoms with Crippen LogP contribution in [0.15, 0.2) is 36.5 Å². The Bertz CT molecular complexity index is 880. The Labute approximate surface area is 160 Å². The second-order valence-corrected chi connectivity index (χ2v) is 6.15. The number of anilines is 1. The summed E-state index contributed by atoms with van der Waals surface area (Å²) in [4.78, 5) is 48.0. The van der Waals surface area contributed by atoms with E-state index in [1.54, 1.807) is 24.3 Å². The summed E-state index contributed by atoms with van der Waals surface area (Å²) >= 11 is 0. The van der Waals surface area contributed by atoms with Crippen LogP contribution in [0.25, 0.3) is 0 Å². The van der Waals surface area contributed by atoms with Gasteiger partial charge in [0.25, 0.3) is 11.8 Å². The number of H-pyrrole nitrogens is 1. The first-order chi connectivity index (χ1) is 13.6. The first-order valence-corrected chi connectivity index (χ1v) is 8.79. The molecule has 1 fully saturated rings. The molecule has 2 heterocycles. The molecule has 0 aliphatic carbocycles. The van der Waals surface area contributed by atoms with Crippen molar-refractivity contribution in [2.75, 3.05) is 25.0 Å². The molecule has 1 aliphatic heterocycles. The van der Waals surface area contributed by atoms with Crippen LogP contribution in [0.1, 0.15) is 27.3 Å². The zero-order valence-electron chi connectivity index (χ0n) is 15.0. The summed E-state index contributed by atoms with van der Waals surface area (Å²) in [6.45, 7) is 0.869. The molecule has 10 heteroatoms. The second kappa shape index (κ2) is 8.80. The average molecular weight is 384 g/mol. The van der Waals surface area contributed by atoms with Crippen LogP contribution in [0, 0.1) is 5.92 Å². The second-order valence-electron chi connectivity index (χ2n) is 6.15. The van der Waals surface area contributed by atoms with Crippen LogP contribution in [-0.2, 0) is 9.59 Å². The van der Waals surface area contributed by atoms with Crippen molar-refractivity contribution in [3.05, 3.63) is 47.8 Å². The number of nitrogens with one attached hydrogen (secondary N) is 5. The molecule has 1 unspecified atom stereocenters. The summed E-state index contributed by atoms with van der Waals surface area (Å²) in [5.41, 5.74) is 0.914. The van der Waals surface area contributed by atoms with Gasteiger partial charge in [0.2, 0.25) is 11.8 Å². The van der Waals surface area contributed by atoms with Crippen LogP contribution in [0.5, 0.6) is 0 Å². The lowest BCUT2D eigenvalue weighted by Crippen LogP contribution is -2.39. The van der Waals surface area contributed by atoms with Crippen molar-refractivity contribution in [3.63, 3.8) is 0 Å². The van der Waals surface area contributed by atoms with E-state index in [9.17, 15) is 19.2 Å². The third-order valence-corrected chi connectivity index (χ3v) is 4.24. The maximum atomic E-state index is 12.4. The van der Waals surface area contributed by atoms with E-state index < -0.39 is 17.7 Å². The smallest absolute Gasteiger partial charge is 0.273 e. The van der Waals surface area contributed by atoms with Crippen molar-refractivity contribution in [2.45, 2.75) is 6.42 Å². The number of carbonyl (C=O) groups is 4. The van der Waals surface area contributed by atoms with Crippen molar-refractivity contribution < 1.29 is 19.2 Å². The van der Waals surface area contributed by atoms with E-state index in [0.29, 0.717) is 18.7 Å². The number of aromatic nitrogens is 2. The molecular weight excluding hydrogens is 364 g/mol. The molecule has 0 radical (unpaired) electrons. The summed E-state index contributed by atoms with van der Waals surface area (Å²) in [5.74, 6) is -2.11. The molecule has 146 valence electrons. The summed E-state index contributed by atoms with van der Waals surface area (Å²) in [6, 6.07) is 8.10. The summed E-state index contributed by atoms with van der Waals surface area (Å²) < 4.78 is 0. The van der Waals surface area contributed by atoms with Gasteiger partial charge in [0.15, 0.2) is 0 Å². The van der Waals surface area contributed by atoms with E-state index in [2.05, 4.69) is 31.5 Å². The standard InChI is InChI=1S/C18H20N6O4/c25-15(20-9-10-21-17(27)12-5-7-19-16(12)26)11-3-1-2-4-13(11)23-18(28)14-6-8-22-24-14/h1-4,6,8,12H,5,7,9-10H2,(H,19,26)(H,20,25)(H,21,27)(H,22,24)(H,23,28). The fourth-order valence-corrected chi connectivity index (χ4v) is 2.79. The quantitative estimate of drug-likeness (QED) is 0.327. The predicted molar refractivity (Wildman–Crippen MR) is 99.4 cm³/mol. The molecular formula is C18H20N6O4. The van der Waals surface area contributed by atoms with Gasteiger partial charge in [-0.15, -0.1) is 0 Å². The Morgan fingerprint density at radius 3 is 2.57 bits per heavy atom. The van der Waals surface area contributed by atoms with Crippen molar-refractivity contribution in [1.29, 1.82) is 0 Å². The lowest BCUT2D eigenvalue weighted by atomic mass is 10.1. The molecule has 1 saturated heterocycles. The minimum absolute atomic E-state index is 0.182. The molecule has 28 heavy (non-hydrogen) atoms. The lowest BCUT2D eigenvalue weighted by Gasteiger charge is -2.12. The number of nitrogens with zero attached hydrogens (tertiary/aromatic N) is 1. The highest BCUT2D eigenvalue weighted by molar-refractivity contribution is 6.08. The Kier molecular flexibility index (Phi) is 6.00. The number of rotatable bonds is 7. The van der Waals surface area contributed by atoms with Crippen LogP contribution in [0.3, 0.4) is 0 Å². The van der Waals surface area contributed by atoms with Crippen LogP contribution in [-0.4, -0.2) is 53.5 Å². The molecule has 5 N–H and O–H groups in total. The fraction of sp³-hybridized carbons (Fsp3) is 0.278. The van der Waals surface area contributed by atoms with Crippen LogP contribution < -0.4 is 21.3 Å². The van der Waals surface area contributed by atoms with Crippen molar-refractivity contribution in [2.24, 2.45) is 5.92 Å². The molecule has 1 aromatic heterocycles. The highest BCUT2D eigenvalue weighted by Gasteiger charge is 2.30. The minimum Gasteiger partial charge on any atom is -0.355 e. The molecule has 1 aliphatic rings. The molecule has 0 spiro atoms. The highest BCUT2D eigenvalue weighted by atomic mass is 16.2. The van der Waals surface area contributed by atoms with Gasteiger partial charge < -0.3 is 21.3 Å². The van der Waals surface area contributed by atoms with E-state index in [0.717, 1.165) is 0 Å². The zero-order chi connectivity index (χ0) is 19.9. The molecule has 1 aromatic carbocycles. The van der Waals surface area contributed by atoms with E-state index >= 15 is 0 Å². The summed E-state index contributed by atoms with van der Waals surface area (Å²) in [7, 11) is 0. The summed E-state index contributed by atoms with van der Waals surface area (Å²) in [5, 5.41) is 16.8. The third kappa shape index (κ3) is 4.53. The van der Waals surface area contributed by atoms with Gasteiger partial charge in [-0.3, -0.25) is 24.3 Å². The van der Waals surface area contributed by atoms with Crippen molar-refractivity contribution in [3.8, 4) is 0 Å². The van der Waals surface area contributed by atoms with Gasteiger partial charge in [0.05, 0.1) is 11.3 Å². The SMILES string of the molecule is O=C(Nc1ccccc1C(=O)NCCNC(=O)C1CCNC1=O)c1ccn[nH]1. The molecule has 10 nitrogen and oxygen atoms in total. The van der Waals surface area contributed by atoms with Gasteiger partial charge in [-0.2, -0.15) is 5.10 Å². The third-order valence-electron chi connectivity index (χ3n) is 4.24. The number of para-hydroxylation sites is 1. The van der Waals surface area contributed by atoms with Gasteiger partial charge in [-0.05, 0) is 24.6 Å². The number of carbonyl (C=O) groups excluding carboxylic acids is 4. The normalized spacial score (nSPS) is 15.6. The highest BCUT2D eigenvalue weighted by Crippen LogP contribution is 2.16. The first-order valence-electron chi connectivity index (χ1n) is 8.79. The largest absolute Gasteiger partial charge is 0.355 e. The maximum Gasteiger partial charge on any atom is 0.273 e. The Morgan fingerprint density at radius 2 is 1.86 bits per heavy atom. The lowest BCUT2D eigenvalue weighted by molar-refractivity contribution is -0.132. The van der Waals surface area contributed by atoms with Crippen LogP contribution >= 0.6 is 0 Å². The Balaban J connectivity index is 1.51. The molecule has 0 saturated carbocycles. The number of hydrogen-bond donors (Lipinski definition) is 5. The number of aromatic amines is 1. The molecule has 1 atom stereocenters. The van der Waals surface area contributed by atoms with E-state index in [-0.39, 0.29) is 36.2 Å². The number of hydrogen-bond acceptors (Lipinski definition) is 5. The number of benzene rings is 1. The average Bonchev–Trinajstić information content (AvgIpc) is 3.37. The molecule has 3 rings (SSSR count). The van der Waals surface area contributed by atoms with Gasteiger partial charge in [-0.1, -0.05) is 12.1 Å².